The van der Waals surface area contributed by atoms with Gasteiger partial charge in [0.25, 0.3) is 0 Å². The van der Waals surface area contributed by atoms with Crippen molar-refractivity contribution in [3.05, 3.63) is 53.6 Å². The molecule has 5 amide bonds. The van der Waals surface area contributed by atoms with Crippen LogP contribution in [0, 0.1) is 5.92 Å². The fraction of sp³-hybridized carbons (Fsp3) is 0.484. The summed E-state index contributed by atoms with van der Waals surface area (Å²) in [7, 11) is 3.14. The van der Waals surface area contributed by atoms with Crippen LogP contribution in [0.3, 0.4) is 0 Å². The van der Waals surface area contributed by atoms with Crippen molar-refractivity contribution in [1.82, 2.24) is 15.1 Å². The maximum Gasteiger partial charge on any atom is 0.327 e. The highest BCUT2D eigenvalue weighted by molar-refractivity contribution is 6.01. The van der Waals surface area contributed by atoms with Crippen molar-refractivity contribution in [2.75, 3.05) is 39.2 Å². The molecule has 4 rings (SSSR count). The maximum absolute atomic E-state index is 13.5. The SMILES string of the molecule is CCc1ccc(NC(=O)CN2C(=O)N(CCC(=O)NCCc3ccc(OC)c(OC)c3)C(=O)C3CCCCC32)cc1. The van der Waals surface area contributed by atoms with Crippen LogP contribution >= 0.6 is 0 Å². The molecule has 1 heterocycles. The van der Waals surface area contributed by atoms with Crippen LogP contribution in [0.4, 0.5) is 10.5 Å². The summed E-state index contributed by atoms with van der Waals surface area (Å²) in [6, 6.07) is 12.4. The van der Waals surface area contributed by atoms with E-state index in [1.54, 1.807) is 14.2 Å². The predicted molar refractivity (Wildman–Crippen MR) is 155 cm³/mol. The van der Waals surface area contributed by atoms with Gasteiger partial charge >= 0.3 is 6.03 Å². The van der Waals surface area contributed by atoms with E-state index >= 15 is 0 Å². The number of methoxy groups -OCH3 is 2. The number of carbonyl (C=O) groups excluding carboxylic acids is 4. The number of hydrogen-bond acceptors (Lipinski definition) is 6. The van der Waals surface area contributed by atoms with Gasteiger partial charge in [0.2, 0.25) is 17.7 Å². The van der Waals surface area contributed by atoms with Crippen LogP contribution in [-0.4, -0.2) is 73.4 Å². The van der Waals surface area contributed by atoms with Crippen LogP contribution in [-0.2, 0) is 27.2 Å². The zero-order valence-corrected chi connectivity index (χ0v) is 24.1. The molecule has 2 atom stereocenters. The molecule has 1 saturated heterocycles. The quantitative estimate of drug-likeness (QED) is 0.405. The van der Waals surface area contributed by atoms with Crippen molar-refractivity contribution in [3.8, 4) is 11.5 Å². The third-order valence-electron chi connectivity index (χ3n) is 7.90. The molecule has 220 valence electrons. The summed E-state index contributed by atoms with van der Waals surface area (Å²) < 4.78 is 10.6. The van der Waals surface area contributed by atoms with Gasteiger partial charge < -0.3 is 25.0 Å². The van der Waals surface area contributed by atoms with E-state index in [0.29, 0.717) is 43.0 Å². The number of fused-ring (bicyclic) bond motifs is 1. The van der Waals surface area contributed by atoms with Crippen LogP contribution in [0.25, 0.3) is 0 Å². The van der Waals surface area contributed by atoms with E-state index in [-0.39, 0.29) is 49.2 Å². The van der Waals surface area contributed by atoms with Crippen LogP contribution in [0.5, 0.6) is 11.5 Å². The Morgan fingerprint density at radius 3 is 2.34 bits per heavy atom. The topological polar surface area (TPSA) is 117 Å². The lowest BCUT2D eigenvalue weighted by Gasteiger charge is -2.46. The number of nitrogens with zero attached hydrogens (tertiary/aromatic N) is 2. The summed E-state index contributed by atoms with van der Waals surface area (Å²) in [6.45, 7) is 2.29. The van der Waals surface area contributed by atoms with E-state index in [1.165, 1.54) is 10.5 Å². The van der Waals surface area contributed by atoms with E-state index in [1.807, 2.05) is 42.5 Å². The molecule has 0 bridgehead atoms. The van der Waals surface area contributed by atoms with Gasteiger partial charge in [-0.1, -0.05) is 38.0 Å². The molecule has 0 radical (unpaired) electrons. The average molecular weight is 565 g/mol. The molecule has 10 heteroatoms. The first kappa shape index (κ1) is 29.9. The molecule has 0 aromatic heterocycles. The summed E-state index contributed by atoms with van der Waals surface area (Å²) in [5, 5.41) is 5.73. The van der Waals surface area contributed by atoms with Crippen molar-refractivity contribution in [3.63, 3.8) is 0 Å². The molecular weight excluding hydrogens is 524 g/mol. The van der Waals surface area contributed by atoms with E-state index < -0.39 is 6.03 Å². The Balaban J connectivity index is 1.33. The van der Waals surface area contributed by atoms with Crippen LogP contribution in [0.2, 0.25) is 0 Å². The van der Waals surface area contributed by atoms with Gasteiger partial charge in [-0.2, -0.15) is 0 Å². The largest absolute Gasteiger partial charge is 0.493 e. The lowest BCUT2D eigenvalue weighted by Crippen LogP contribution is -2.63. The first-order valence-electron chi connectivity index (χ1n) is 14.3. The third-order valence-corrected chi connectivity index (χ3v) is 7.90. The Kier molecular flexibility index (Phi) is 10.2. The van der Waals surface area contributed by atoms with Crippen molar-refractivity contribution in [2.24, 2.45) is 5.92 Å². The number of urea groups is 1. The fourth-order valence-electron chi connectivity index (χ4n) is 5.62. The van der Waals surface area contributed by atoms with Crippen molar-refractivity contribution in [2.45, 2.75) is 57.9 Å². The number of hydrogen-bond donors (Lipinski definition) is 2. The maximum atomic E-state index is 13.5. The number of rotatable bonds is 12. The Labute approximate surface area is 241 Å². The Bertz CT molecular complexity index is 1250. The summed E-state index contributed by atoms with van der Waals surface area (Å²) in [6.07, 6.45) is 4.63. The van der Waals surface area contributed by atoms with Crippen LogP contribution in [0.15, 0.2) is 42.5 Å². The number of aryl methyl sites for hydroxylation is 1. The number of nitrogens with one attached hydrogen (secondary N) is 2. The van der Waals surface area contributed by atoms with Gasteiger partial charge in [-0.25, -0.2) is 4.79 Å². The molecule has 2 aromatic carbocycles. The van der Waals surface area contributed by atoms with Crippen molar-refractivity contribution < 1.29 is 28.7 Å². The number of imide groups is 1. The second-order valence-corrected chi connectivity index (χ2v) is 10.5. The van der Waals surface area contributed by atoms with Gasteiger partial charge in [0.05, 0.1) is 20.1 Å². The summed E-state index contributed by atoms with van der Waals surface area (Å²) >= 11 is 0. The summed E-state index contributed by atoms with van der Waals surface area (Å²) in [5.41, 5.74) is 2.80. The number of carbonyl (C=O) groups is 4. The average Bonchev–Trinajstić information content (AvgIpc) is 2.99. The van der Waals surface area contributed by atoms with Gasteiger partial charge in [-0.05, 0) is 61.1 Å². The minimum Gasteiger partial charge on any atom is -0.493 e. The lowest BCUT2D eigenvalue weighted by molar-refractivity contribution is -0.142. The predicted octanol–water partition coefficient (Wildman–Crippen LogP) is 3.78. The molecule has 2 aromatic rings. The van der Waals surface area contributed by atoms with E-state index in [9.17, 15) is 19.2 Å². The zero-order chi connectivity index (χ0) is 29.4. The Morgan fingerprint density at radius 1 is 0.927 bits per heavy atom. The van der Waals surface area contributed by atoms with Crippen LogP contribution in [0.1, 0.15) is 50.2 Å². The minimum absolute atomic E-state index is 0.00931. The molecule has 41 heavy (non-hydrogen) atoms. The number of ether oxygens (including phenoxy) is 2. The van der Waals surface area contributed by atoms with Gasteiger partial charge in [-0.3, -0.25) is 19.3 Å². The lowest BCUT2D eigenvalue weighted by atomic mass is 9.81. The standard InChI is InChI=1S/C31H40N4O6/c1-4-21-9-12-23(13-10-21)33-29(37)20-35-25-8-6-5-7-24(25)30(38)34(31(35)39)18-16-28(36)32-17-15-22-11-14-26(40-2)27(19-22)41-3/h9-14,19,24-25H,4-8,15-18,20H2,1-3H3,(H,32,36)(H,33,37). The highest BCUT2D eigenvalue weighted by atomic mass is 16.5. The molecule has 10 nitrogen and oxygen atoms in total. The van der Waals surface area contributed by atoms with Gasteiger partial charge in [-0.15, -0.1) is 0 Å². The molecule has 0 spiro atoms. The van der Waals surface area contributed by atoms with Crippen molar-refractivity contribution >= 4 is 29.4 Å². The molecule has 2 unspecified atom stereocenters. The van der Waals surface area contributed by atoms with Crippen molar-refractivity contribution in [1.29, 1.82) is 0 Å². The second kappa shape index (κ2) is 14.0. The smallest absolute Gasteiger partial charge is 0.327 e. The third kappa shape index (κ3) is 7.36. The molecular formula is C31H40N4O6. The molecule has 1 aliphatic carbocycles. The van der Waals surface area contributed by atoms with Gasteiger partial charge in [0.15, 0.2) is 11.5 Å². The number of amides is 5. The molecule has 2 aliphatic rings. The summed E-state index contributed by atoms with van der Waals surface area (Å²) in [4.78, 5) is 55.0. The molecule has 2 N–H and O–H groups in total. The van der Waals surface area contributed by atoms with E-state index in [2.05, 4.69) is 17.6 Å². The Hall–Kier alpha value is -4.08. The first-order chi connectivity index (χ1) is 19.8. The fourth-order valence-corrected chi connectivity index (χ4v) is 5.62. The minimum atomic E-state index is -0.507. The molecule has 1 aliphatic heterocycles. The summed E-state index contributed by atoms with van der Waals surface area (Å²) in [5.74, 6) is 0.0854. The van der Waals surface area contributed by atoms with Crippen LogP contribution < -0.4 is 20.1 Å². The van der Waals surface area contributed by atoms with E-state index in [4.69, 9.17) is 9.47 Å². The highest BCUT2D eigenvalue weighted by Crippen LogP contribution is 2.34. The monoisotopic (exact) mass is 564 g/mol. The van der Waals surface area contributed by atoms with E-state index in [0.717, 1.165) is 29.7 Å². The second-order valence-electron chi connectivity index (χ2n) is 10.5. The van der Waals surface area contributed by atoms with Gasteiger partial charge in [0, 0.05) is 31.2 Å². The van der Waals surface area contributed by atoms with Gasteiger partial charge in [0.1, 0.15) is 6.54 Å². The molecule has 1 saturated carbocycles. The first-order valence-corrected chi connectivity index (χ1v) is 14.3. The number of benzene rings is 2. The highest BCUT2D eigenvalue weighted by Gasteiger charge is 2.47. The normalized spacial score (nSPS) is 18.5. The molecule has 2 fully saturated rings. The number of anilines is 1. The Morgan fingerprint density at radius 2 is 1.63 bits per heavy atom. The zero-order valence-electron chi connectivity index (χ0n) is 24.1.